The number of carbonyl (C=O) groups is 1. The average Bonchev–Trinajstić information content (AvgIpc) is 1.77. The molecule has 0 aromatic rings. The monoisotopic (exact) mass is 112 g/mol. The average molecular weight is 112 g/mol. The Kier molecular flexibility index (Phi) is 1.17. The van der Waals surface area contributed by atoms with Gasteiger partial charge in [-0.3, -0.25) is 9.79 Å². The highest BCUT2D eigenvalue weighted by Gasteiger charge is 2.11. The van der Waals surface area contributed by atoms with E-state index in [4.69, 9.17) is 5.11 Å². The van der Waals surface area contributed by atoms with Gasteiger partial charge in [-0.15, -0.1) is 0 Å². The highest BCUT2D eigenvalue weighted by atomic mass is 16.3. The van der Waals surface area contributed by atoms with Crippen molar-refractivity contribution in [1.82, 2.24) is 0 Å². The molecule has 0 saturated carbocycles. The summed E-state index contributed by atoms with van der Waals surface area (Å²) >= 11 is 0. The molecular formula is C4H4N2O2. The first-order chi connectivity index (χ1) is 3.80. The number of nitrogens with zero attached hydrogens (tertiary/aromatic N) is 2. The van der Waals surface area contributed by atoms with Gasteiger partial charge in [0.1, 0.15) is 0 Å². The number of hydrogen-bond acceptors (Lipinski definition) is 3. The molecule has 8 heavy (non-hydrogen) atoms. The van der Waals surface area contributed by atoms with Crippen LogP contribution < -0.4 is 0 Å². The van der Waals surface area contributed by atoms with Crippen molar-refractivity contribution in [2.45, 2.75) is 6.23 Å². The first-order valence-corrected chi connectivity index (χ1v) is 2.08. The van der Waals surface area contributed by atoms with E-state index < -0.39 is 12.1 Å². The lowest BCUT2D eigenvalue weighted by atomic mass is 10.5. The Morgan fingerprint density at radius 1 is 1.62 bits per heavy atom. The fraction of sp³-hybridized carbons (Fsp3) is 0.250. The van der Waals surface area contributed by atoms with Crippen LogP contribution in [0.15, 0.2) is 9.98 Å². The fourth-order valence-electron chi connectivity index (χ4n) is 0.357. The number of aliphatic hydroxyl groups excluding tert-OH is 1. The normalized spacial score (nSPS) is 26.6. The molecule has 0 fully saturated rings. The van der Waals surface area contributed by atoms with Crippen LogP contribution in [0.2, 0.25) is 0 Å². The lowest BCUT2D eigenvalue weighted by Gasteiger charge is -1.99. The quantitative estimate of drug-likeness (QED) is 0.436. The maximum Gasteiger partial charge on any atom is 0.297 e. The molecule has 42 valence electrons. The summed E-state index contributed by atoms with van der Waals surface area (Å²) < 4.78 is 0. The van der Waals surface area contributed by atoms with E-state index in [-0.39, 0.29) is 0 Å². The highest BCUT2D eigenvalue weighted by Crippen LogP contribution is 1.90. The Morgan fingerprint density at radius 2 is 2.38 bits per heavy atom. The molecule has 1 heterocycles. The molecule has 1 aliphatic heterocycles. The Bertz CT molecular complexity index is 161. The number of hydrogen-bond donors (Lipinski definition) is 1. The first kappa shape index (κ1) is 5.11. The van der Waals surface area contributed by atoms with Gasteiger partial charge in [-0.25, -0.2) is 4.99 Å². The van der Waals surface area contributed by atoms with Crippen molar-refractivity contribution in [1.29, 1.82) is 0 Å². The zero-order chi connectivity index (χ0) is 5.98. The van der Waals surface area contributed by atoms with Crippen LogP contribution in [0, 0.1) is 0 Å². The van der Waals surface area contributed by atoms with E-state index in [1.165, 1.54) is 12.4 Å². The minimum absolute atomic E-state index is 0.604. The molecule has 1 unspecified atom stereocenters. The minimum atomic E-state index is -1.26. The minimum Gasteiger partial charge on any atom is -0.364 e. The van der Waals surface area contributed by atoms with Gasteiger partial charge in [-0.05, 0) is 0 Å². The van der Waals surface area contributed by atoms with Crippen molar-refractivity contribution in [3.05, 3.63) is 0 Å². The summed E-state index contributed by atoms with van der Waals surface area (Å²) in [6, 6.07) is 0. The van der Waals surface area contributed by atoms with Gasteiger partial charge in [0, 0.05) is 12.4 Å². The summed E-state index contributed by atoms with van der Waals surface area (Å²) in [7, 11) is 0. The van der Waals surface area contributed by atoms with Crippen molar-refractivity contribution in [2.75, 3.05) is 0 Å². The van der Waals surface area contributed by atoms with E-state index in [0.717, 1.165) is 0 Å². The summed E-state index contributed by atoms with van der Waals surface area (Å²) in [6.07, 6.45) is 1.26. The van der Waals surface area contributed by atoms with Gasteiger partial charge >= 0.3 is 0 Å². The molecule has 1 rings (SSSR count). The molecule has 0 aromatic heterocycles. The van der Waals surface area contributed by atoms with Crippen LogP contribution in [-0.2, 0) is 4.79 Å². The Balaban J connectivity index is 2.74. The number of aliphatic hydroxyl groups is 1. The number of rotatable bonds is 0. The second kappa shape index (κ2) is 1.83. The predicted molar refractivity (Wildman–Crippen MR) is 28.0 cm³/mol. The van der Waals surface area contributed by atoms with Crippen molar-refractivity contribution in [2.24, 2.45) is 9.98 Å². The van der Waals surface area contributed by atoms with Gasteiger partial charge in [-0.2, -0.15) is 0 Å². The van der Waals surface area contributed by atoms with Gasteiger partial charge < -0.3 is 5.11 Å². The van der Waals surface area contributed by atoms with E-state index in [9.17, 15) is 4.79 Å². The molecule has 1 atom stereocenters. The molecule has 0 spiro atoms. The number of amides is 1. The SMILES string of the molecule is O=C1N=CC=NC1O. The van der Waals surface area contributed by atoms with Gasteiger partial charge in [0.05, 0.1) is 0 Å². The van der Waals surface area contributed by atoms with E-state index in [1.807, 2.05) is 0 Å². The number of aliphatic imine (C=N–C) groups is 2. The van der Waals surface area contributed by atoms with Gasteiger partial charge in [0.2, 0.25) is 6.23 Å². The van der Waals surface area contributed by atoms with Gasteiger partial charge in [0.25, 0.3) is 5.91 Å². The number of carbonyl (C=O) groups excluding carboxylic acids is 1. The second-order valence-electron chi connectivity index (χ2n) is 1.29. The van der Waals surface area contributed by atoms with E-state index in [2.05, 4.69) is 9.98 Å². The molecule has 0 saturated heterocycles. The largest absolute Gasteiger partial charge is 0.364 e. The summed E-state index contributed by atoms with van der Waals surface area (Å²) in [5.74, 6) is -0.604. The smallest absolute Gasteiger partial charge is 0.297 e. The van der Waals surface area contributed by atoms with Crippen LogP contribution in [0.1, 0.15) is 0 Å². The molecule has 0 aromatic carbocycles. The molecule has 1 N–H and O–H groups in total. The topological polar surface area (TPSA) is 62.0 Å². The van der Waals surface area contributed by atoms with E-state index in [0.29, 0.717) is 0 Å². The van der Waals surface area contributed by atoms with Crippen LogP contribution in [0.4, 0.5) is 0 Å². The third kappa shape index (κ3) is 0.788. The van der Waals surface area contributed by atoms with Crippen LogP contribution in [0.25, 0.3) is 0 Å². The Hall–Kier alpha value is -1.03. The zero-order valence-electron chi connectivity index (χ0n) is 3.98. The summed E-state index contributed by atoms with van der Waals surface area (Å²) in [5, 5.41) is 8.52. The molecule has 4 heteroatoms. The van der Waals surface area contributed by atoms with Gasteiger partial charge in [0.15, 0.2) is 0 Å². The summed E-state index contributed by atoms with van der Waals surface area (Å²) in [5.41, 5.74) is 0. The molecule has 0 aliphatic carbocycles. The van der Waals surface area contributed by atoms with Crippen LogP contribution >= 0.6 is 0 Å². The third-order valence-corrected chi connectivity index (χ3v) is 0.717. The lowest BCUT2D eigenvalue weighted by molar-refractivity contribution is -0.125. The predicted octanol–water partition coefficient (Wildman–Crippen LogP) is -1.01. The Labute approximate surface area is 45.6 Å². The Morgan fingerprint density at radius 3 is 2.75 bits per heavy atom. The standard InChI is InChI=1S/C4H4N2O2/c7-3-4(8)6-2-1-5-3/h1-3,7H. The van der Waals surface area contributed by atoms with Crippen molar-refractivity contribution in [3.8, 4) is 0 Å². The molecule has 1 aliphatic rings. The van der Waals surface area contributed by atoms with Crippen molar-refractivity contribution in [3.63, 3.8) is 0 Å². The highest BCUT2D eigenvalue weighted by molar-refractivity contribution is 6.21. The first-order valence-electron chi connectivity index (χ1n) is 2.08. The van der Waals surface area contributed by atoms with Crippen LogP contribution in [0.3, 0.4) is 0 Å². The molecule has 0 bridgehead atoms. The van der Waals surface area contributed by atoms with E-state index in [1.54, 1.807) is 0 Å². The van der Waals surface area contributed by atoms with Gasteiger partial charge in [-0.1, -0.05) is 0 Å². The summed E-state index contributed by atoms with van der Waals surface area (Å²) in [6.45, 7) is 0. The molecule has 4 nitrogen and oxygen atoms in total. The van der Waals surface area contributed by atoms with E-state index >= 15 is 0 Å². The zero-order valence-corrected chi connectivity index (χ0v) is 3.98. The maximum absolute atomic E-state index is 10.2. The lowest BCUT2D eigenvalue weighted by Crippen LogP contribution is -2.18. The summed E-state index contributed by atoms with van der Waals surface area (Å²) in [4.78, 5) is 16.8. The third-order valence-electron chi connectivity index (χ3n) is 0.717. The maximum atomic E-state index is 10.2. The van der Waals surface area contributed by atoms with Crippen molar-refractivity contribution < 1.29 is 9.90 Å². The molecule has 0 radical (unpaired) electrons. The van der Waals surface area contributed by atoms with Crippen LogP contribution in [0.5, 0.6) is 0 Å². The fourth-order valence-corrected chi connectivity index (χ4v) is 0.357. The van der Waals surface area contributed by atoms with Crippen molar-refractivity contribution >= 4 is 18.3 Å². The molecule has 1 amide bonds. The second-order valence-corrected chi connectivity index (χ2v) is 1.29. The molecular weight excluding hydrogens is 108 g/mol. The van der Waals surface area contributed by atoms with Crippen LogP contribution in [-0.4, -0.2) is 29.7 Å².